The zero-order valence-electron chi connectivity index (χ0n) is 10.3. The summed E-state index contributed by atoms with van der Waals surface area (Å²) in [4.78, 5) is 11.8. The van der Waals surface area contributed by atoms with Gasteiger partial charge in [-0.3, -0.25) is 4.79 Å². The molecule has 1 fully saturated rings. The van der Waals surface area contributed by atoms with Crippen LogP contribution in [0.25, 0.3) is 0 Å². The molecule has 0 spiro atoms. The Hall–Kier alpha value is -1.57. The Morgan fingerprint density at radius 3 is 2.95 bits per heavy atom. The van der Waals surface area contributed by atoms with Gasteiger partial charge in [-0.05, 0) is 12.8 Å². The number of aromatic nitrogens is 2. The first-order valence-corrected chi connectivity index (χ1v) is 5.91. The highest BCUT2D eigenvalue weighted by molar-refractivity contribution is 5.95. The second-order valence-corrected chi connectivity index (χ2v) is 4.32. The summed E-state index contributed by atoms with van der Waals surface area (Å²) in [6.45, 7) is 0.792. The molecule has 0 saturated carbocycles. The fourth-order valence-electron chi connectivity index (χ4n) is 1.99. The number of alkyl halides is 2. The minimum absolute atomic E-state index is 0.140. The van der Waals surface area contributed by atoms with E-state index in [1.54, 1.807) is 0 Å². The molecule has 1 amide bonds. The van der Waals surface area contributed by atoms with Crippen molar-refractivity contribution in [1.82, 2.24) is 15.1 Å². The van der Waals surface area contributed by atoms with Gasteiger partial charge in [-0.25, -0.2) is 13.5 Å². The molecule has 1 aliphatic rings. The van der Waals surface area contributed by atoms with Crippen LogP contribution in [-0.4, -0.2) is 34.9 Å². The van der Waals surface area contributed by atoms with Gasteiger partial charge < -0.3 is 10.1 Å². The van der Waals surface area contributed by atoms with Gasteiger partial charge in [0.05, 0.1) is 6.10 Å². The predicted molar refractivity (Wildman–Crippen MR) is 59.4 cm³/mol. The first-order valence-electron chi connectivity index (χ1n) is 5.91. The van der Waals surface area contributed by atoms with Crippen LogP contribution in [0.15, 0.2) is 0 Å². The number of carbonyl (C=O) groups is 1. The predicted octanol–water partition coefficient (Wildman–Crippen LogP) is 1.41. The molecule has 1 unspecified atom stereocenters. The molecular weight excluding hydrogens is 263 g/mol. The molecule has 5 nitrogen and oxygen atoms in total. The van der Waals surface area contributed by atoms with Crippen LogP contribution in [0.3, 0.4) is 0 Å². The van der Waals surface area contributed by atoms with Gasteiger partial charge in [0.25, 0.3) is 12.3 Å². The van der Waals surface area contributed by atoms with E-state index in [9.17, 15) is 18.0 Å². The van der Waals surface area contributed by atoms with Crippen LogP contribution >= 0.6 is 0 Å². The number of hydrogen-bond donors (Lipinski definition) is 1. The summed E-state index contributed by atoms with van der Waals surface area (Å²) in [5, 5.41) is 5.71. The largest absolute Gasteiger partial charge is 0.376 e. The number of amides is 1. The van der Waals surface area contributed by atoms with Crippen LogP contribution in [0.2, 0.25) is 0 Å². The summed E-state index contributed by atoms with van der Waals surface area (Å²) < 4.78 is 44.9. The van der Waals surface area contributed by atoms with Gasteiger partial charge in [0.1, 0.15) is 11.3 Å². The highest BCUT2D eigenvalue weighted by Crippen LogP contribution is 2.23. The maximum atomic E-state index is 13.6. The Kier molecular flexibility index (Phi) is 4.08. The molecule has 0 radical (unpaired) electrons. The number of ether oxygens (including phenoxy) is 1. The molecule has 0 bridgehead atoms. The van der Waals surface area contributed by atoms with E-state index in [-0.39, 0.29) is 12.6 Å². The molecule has 1 aliphatic heterocycles. The van der Waals surface area contributed by atoms with Crippen molar-refractivity contribution in [2.24, 2.45) is 7.05 Å². The Bertz CT molecular complexity index is 470. The maximum Gasteiger partial charge on any atom is 0.283 e. The fourth-order valence-corrected chi connectivity index (χ4v) is 1.99. The third-order valence-electron chi connectivity index (χ3n) is 2.95. The number of carbonyl (C=O) groups excluding carboxylic acids is 1. The van der Waals surface area contributed by atoms with Gasteiger partial charge in [-0.1, -0.05) is 0 Å². The zero-order chi connectivity index (χ0) is 14.0. The number of halogens is 3. The van der Waals surface area contributed by atoms with Crippen molar-refractivity contribution in [3.63, 3.8) is 0 Å². The molecule has 0 aliphatic carbocycles. The Morgan fingerprint density at radius 2 is 2.37 bits per heavy atom. The fraction of sp³-hybridized carbons (Fsp3) is 0.636. The van der Waals surface area contributed by atoms with Crippen LogP contribution < -0.4 is 5.32 Å². The summed E-state index contributed by atoms with van der Waals surface area (Å²) in [6, 6.07) is 0. The quantitative estimate of drug-likeness (QED) is 0.905. The first-order chi connectivity index (χ1) is 9.00. The van der Waals surface area contributed by atoms with E-state index < -0.39 is 29.5 Å². The second-order valence-electron chi connectivity index (χ2n) is 4.32. The molecule has 1 saturated heterocycles. The SMILES string of the molecule is Cn1nc(C(F)F)c(C(=O)NCC2CCCO2)c1F. The molecule has 0 aromatic carbocycles. The van der Waals surface area contributed by atoms with Crippen LogP contribution in [0.5, 0.6) is 0 Å². The number of aryl methyl sites for hydroxylation is 1. The number of rotatable bonds is 4. The van der Waals surface area contributed by atoms with Crippen molar-refractivity contribution in [2.45, 2.75) is 25.4 Å². The van der Waals surface area contributed by atoms with Crippen molar-refractivity contribution in [3.05, 3.63) is 17.2 Å². The minimum Gasteiger partial charge on any atom is -0.376 e. The van der Waals surface area contributed by atoms with E-state index in [1.807, 2.05) is 0 Å². The molecule has 8 heteroatoms. The van der Waals surface area contributed by atoms with Crippen LogP contribution in [-0.2, 0) is 11.8 Å². The lowest BCUT2D eigenvalue weighted by molar-refractivity contribution is 0.0844. The molecule has 106 valence electrons. The molecule has 1 aromatic heterocycles. The second kappa shape index (κ2) is 5.60. The van der Waals surface area contributed by atoms with Gasteiger partial charge in [0, 0.05) is 20.2 Å². The van der Waals surface area contributed by atoms with Gasteiger partial charge in [-0.2, -0.15) is 9.49 Å². The Morgan fingerprint density at radius 1 is 1.63 bits per heavy atom. The first kappa shape index (κ1) is 13.9. The summed E-state index contributed by atoms with van der Waals surface area (Å²) >= 11 is 0. The van der Waals surface area contributed by atoms with E-state index in [4.69, 9.17) is 4.74 Å². The average Bonchev–Trinajstić information content (AvgIpc) is 2.96. The molecule has 1 atom stereocenters. The average molecular weight is 277 g/mol. The van der Waals surface area contributed by atoms with Gasteiger partial charge in [0.15, 0.2) is 0 Å². The Labute approximate surface area is 107 Å². The topological polar surface area (TPSA) is 56.2 Å². The normalized spacial score (nSPS) is 19.1. The van der Waals surface area contributed by atoms with E-state index >= 15 is 0 Å². The van der Waals surface area contributed by atoms with Crippen molar-refractivity contribution in [3.8, 4) is 0 Å². The van der Waals surface area contributed by atoms with Crippen molar-refractivity contribution in [1.29, 1.82) is 0 Å². The summed E-state index contributed by atoms with van der Waals surface area (Å²) in [5.41, 5.74) is -1.54. The highest BCUT2D eigenvalue weighted by Gasteiger charge is 2.28. The van der Waals surface area contributed by atoms with E-state index in [0.717, 1.165) is 19.9 Å². The third kappa shape index (κ3) is 2.89. The Balaban J connectivity index is 2.09. The van der Waals surface area contributed by atoms with Crippen molar-refractivity contribution < 1.29 is 22.7 Å². The van der Waals surface area contributed by atoms with E-state index in [1.165, 1.54) is 0 Å². The molecule has 2 rings (SSSR count). The number of nitrogens with zero attached hydrogens (tertiary/aromatic N) is 2. The molecule has 1 aromatic rings. The number of nitrogens with one attached hydrogen (secondary N) is 1. The molecule has 2 heterocycles. The summed E-state index contributed by atoms with van der Waals surface area (Å²) in [7, 11) is 1.16. The van der Waals surface area contributed by atoms with Crippen LogP contribution in [0.1, 0.15) is 35.3 Å². The van der Waals surface area contributed by atoms with Gasteiger partial charge in [-0.15, -0.1) is 0 Å². The molecular formula is C11H14F3N3O2. The third-order valence-corrected chi connectivity index (χ3v) is 2.95. The smallest absolute Gasteiger partial charge is 0.283 e. The standard InChI is InChI=1S/C11H14F3N3O2/c1-17-10(14)7(8(16-17)9(12)13)11(18)15-5-6-3-2-4-19-6/h6,9H,2-5H2,1H3,(H,15,18). The lowest BCUT2D eigenvalue weighted by Crippen LogP contribution is -2.32. The summed E-state index contributed by atoms with van der Waals surface area (Å²) in [5.74, 6) is -1.96. The van der Waals surface area contributed by atoms with Crippen molar-refractivity contribution in [2.75, 3.05) is 13.2 Å². The van der Waals surface area contributed by atoms with E-state index in [0.29, 0.717) is 11.3 Å². The maximum absolute atomic E-state index is 13.6. The minimum atomic E-state index is -3.00. The lowest BCUT2D eigenvalue weighted by Gasteiger charge is -2.10. The summed E-state index contributed by atoms with van der Waals surface area (Å²) in [6.07, 6.45) is -1.46. The highest BCUT2D eigenvalue weighted by atomic mass is 19.3. The molecule has 19 heavy (non-hydrogen) atoms. The van der Waals surface area contributed by atoms with Gasteiger partial charge >= 0.3 is 0 Å². The van der Waals surface area contributed by atoms with Crippen molar-refractivity contribution >= 4 is 5.91 Å². The number of hydrogen-bond acceptors (Lipinski definition) is 3. The van der Waals surface area contributed by atoms with Crippen LogP contribution in [0, 0.1) is 5.95 Å². The van der Waals surface area contributed by atoms with Crippen LogP contribution in [0.4, 0.5) is 13.2 Å². The molecule has 1 N–H and O–H groups in total. The monoisotopic (exact) mass is 277 g/mol. The zero-order valence-corrected chi connectivity index (χ0v) is 10.3. The van der Waals surface area contributed by atoms with Gasteiger partial charge in [0.2, 0.25) is 5.95 Å². The van der Waals surface area contributed by atoms with E-state index in [2.05, 4.69) is 10.4 Å². The lowest BCUT2D eigenvalue weighted by atomic mass is 10.2.